The van der Waals surface area contributed by atoms with Gasteiger partial charge in [0.1, 0.15) is 18.2 Å². The SMILES string of the molecule is CCOc1ccc2nc(CO)n(C)c2c1. The summed E-state index contributed by atoms with van der Waals surface area (Å²) in [6, 6.07) is 5.73. The Kier molecular flexibility index (Phi) is 2.60. The molecule has 0 spiro atoms. The molecular weight excluding hydrogens is 192 g/mol. The molecule has 1 N–H and O–H groups in total. The van der Waals surface area contributed by atoms with Crippen molar-refractivity contribution in [1.29, 1.82) is 0 Å². The van der Waals surface area contributed by atoms with E-state index >= 15 is 0 Å². The molecule has 4 nitrogen and oxygen atoms in total. The van der Waals surface area contributed by atoms with E-state index in [0.29, 0.717) is 12.4 Å². The van der Waals surface area contributed by atoms with Gasteiger partial charge in [-0.05, 0) is 19.1 Å². The molecule has 0 saturated heterocycles. The normalized spacial score (nSPS) is 10.9. The quantitative estimate of drug-likeness (QED) is 0.827. The lowest BCUT2D eigenvalue weighted by molar-refractivity contribution is 0.268. The predicted molar refractivity (Wildman–Crippen MR) is 57.8 cm³/mol. The Hall–Kier alpha value is -1.55. The number of aliphatic hydroxyl groups excluding tert-OH is 1. The number of benzene rings is 1. The van der Waals surface area contributed by atoms with Crippen LogP contribution < -0.4 is 4.74 Å². The summed E-state index contributed by atoms with van der Waals surface area (Å²) in [5.41, 5.74) is 1.86. The summed E-state index contributed by atoms with van der Waals surface area (Å²) in [7, 11) is 1.89. The van der Waals surface area contributed by atoms with Gasteiger partial charge in [0.2, 0.25) is 0 Å². The van der Waals surface area contributed by atoms with Gasteiger partial charge in [0.05, 0.1) is 17.6 Å². The zero-order valence-electron chi connectivity index (χ0n) is 8.90. The molecule has 0 unspecified atom stereocenters. The van der Waals surface area contributed by atoms with Gasteiger partial charge >= 0.3 is 0 Å². The zero-order chi connectivity index (χ0) is 10.8. The number of aromatic nitrogens is 2. The number of hydrogen-bond donors (Lipinski definition) is 1. The summed E-state index contributed by atoms with van der Waals surface area (Å²) in [6.45, 7) is 2.55. The molecular formula is C11H14N2O2. The Morgan fingerprint density at radius 1 is 1.47 bits per heavy atom. The van der Waals surface area contributed by atoms with Crippen LogP contribution in [0.2, 0.25) is 0 Å². The smallest absolute Gasteiger partial charge is 0.135 e. The topological polar surface area (TPSA) is 47.3 Å². The number of imidazole rings is 1. The first-order valence-corrected chi connectivity index (χ1v) is 4.95. The lowest BCUT2D eigenvalue weighted by atomic mass is 10.3. The van der Waals surface area contributed by atoms with E-state index in [-0.39, 0.29) is 6.61 Å². The van der Waals surface area contributed by atoms with Crippen LogP contribution in [-0.4, -0.2) is 21.3 Å². The summed E-state index contributed by atoms with van der Waals surface area (Å²) < 4.78 is 7.28. The highest BCUT2D eigenvalue weighted by Crippen LogP contribution is 2.21. The highest BCUT2D eigenvalue weighted by Gasteiger charge is 2.07. The molecule has 0 bridgehead atoms. The average Bonchev–Trinajstić information content (AvgIpc) is 2.56. The molecule has 4 heteroatoms. The molecule has 15 heavy (non-hydrogen) atoms. The first-order valence-electron chi connectivity index (χ1n) is 4.95. The lowest BCUT2D eigenvalue weighted by Crippen LogP contribution is -1.97. The Morgan fingerprint density at radius 3 is 2.93 bits per heavy atom. The van der Waals surface area contributed by atoms with Gasteiger partial charge in [-0.15, -0.1) is 0 Å². The minimum absolute atomic E-state index is 0.0465. The summed E-state index contributed by atoms with van der Waals surface area (Å²) in [4.78, 5) is 4.29. The van der Waals surface area contributed by atoms with E-state index in [9.17, 15) is 0 Å². The molecule has 0 amide bonds. The standard InChI is InChI=1S/C11H14N2O2/c1-3-15-8-4-5-9-10(6-8)13(2)11(7-14)12-9/h4-6,14H,3,7H2,1-2H3. The van der Waals surface area contributed by atoms with Crippen molar-refractivity contribution in [2.24, 2.45) is 7.05 Å². The van der Waals surface area contributed by atoms with Crippen molar-refractivity contribution in [1.82, 2.24) is 9.55 Å². The van der Waals surface area contributed by atoms with Crippen LogP contribution in [0.25, 0.3) is 11.0 Å². The van der Waals surface area contributed by atoms with Gasteiger partial charge in [0.15, 0.2) is 0 Å². The van der Waals surface area contributed by atoms with Crippen molar-refractivity contribution in [3.05, 3.63) is 24.0 Å². The van der Waals surface area contributed by atoms with Gasteiger partial charge in [-0.25, -0.2) is 4.98 Å². The molecule has 1 aromatic heterocycles. The molecule has 0 fully saturated rings. The Balaban J connectivity index is 2.54. The maximum Gasteiger partial charge on any atom is 0.135 e. The molecule has 80 valence electrons. The highest BCUT2D eigenvalue weighted by atomic mass is 16.5. The minimum Gasteiger partial charge on any atom is -0.494 e. The summed E-state index contributed by atoms with van der Waals surface area (Å²) in [5.74, 6) is 1.50. The zero-order valence-corrected chi connectivity index (χ0v) is 8.90. The summed E-state index contributed by atoms with van der Waals surface area (Å²) in [5, 5.41) is 9.08. The maximum atomic E-state index is 9.08. The number of fused-ring (bicyclic) bond motifs is 1. The predicted octanol–water partition coefficient (Wildman–Crippen LogP) is 1.46. The van der Waals surface area contributed by atoms with Crippen LogP contribution in [0.15, 0.2) is 18.2 Å². The Labute approximate surface area is 88.1 Å². The molecule has 0 radical (unpaired) electrons. The van der Waals surface area contributed by atoms with E-state index in [4.69, 9.17) is 9.84 Å². The molecule has 0 saturated carbocycles. The van der Waals surface area contributed by atoms with E-state index in [1.54, 1.807) is 0 Å². The Bertz CT molecular complexity index is 477. The van der Waals surface area contributed by atoms with E-state index < -0.39 is 0 Å². The summed E-state index contributed by atoms with van der Waals surface area (Å²) >= 11 is 0. The number of aliphatic hydroxyl groups is 1. The minimum atomic E-state index is -0.0465. The van der Waals surface area contributed by atoms with Gasteiger partial charge < -0.3 is 14.4 Å². The molecule has 0 aliphatic heterocycles. The van der Waals surface area contributed by atoms with Crippen LogP contribution >= 0.6 is 0 Å². The first-order chi connectivity index (χ1) is 7.26. The number of hydrogen-bond acceptors (Lipinski definition) is 3. The second kappa shape index (κ2) is 3.90. The van der Waals surface area contributed by atoms with E-state index in [2.05, 4.69) is 4.98 Å². The number of rotatable bonds is 3. The van der Waals surface area contributed by atoms with Crippen molar-refractivity contribution in [2.45, 2.75) is 13.5 Å². The van der Waals surface area contributed by atoms with Crippen molar-refractivity contribution >= 4 is 11.0 Å². The average molecular weight is 206 g/mol. The van der Waals surface area contributed by atoms with E-state index in [1.165, 1.54) is 0 Å². The second-order valence-corrected chi connectivity index (χ2v) is 3.33. The third-order valence-electron chi connectivity index (χ3n) is 2.40. The maximum absolute atomic E-state index is 9.08. The fourth-order valence-corrected chi connectivity index (χ4v) is 1.62. The molecule has 0 aliphatic carbocycles. The van der Waals surface area contributed by atoms with Crippen molar-refractivity contribution in [2.75, 3.05) is 6.61 Å². The van der Waals surface area contributed by atoms with Crippen molar-refractivity contribution in [3.63, 3.8) is 0 Å². The van der Waals surface area contributed by atoms with Crippen LogP contribution in [-0.2, 0) is 13.7 Å². The van der Waals surface area contributed by atoms with E-state index in [1.807, 2.05) is 36.7 Å². The highest BCUT2D eigenvalue weighted by molar-refractivity contribution is 5.77. The van der Waals surface area contributed by atoms with E-state index in [0.717, 1.165) is 16.8 Å². The summed E-state index contributed by atoms with van der Waals surface area (Å²) in [6.07, 6.45) is 0. The fourth-order valence-electron chi connectivity index (χ4n) is 1.62. The number of nitrogens with zero attached hydrogens (tertiary/aromatic N) is 2. The molecule has 0 aliphatic rings. The van der Waals surface area contributed by atoms with Crippen LogP contribution in [0.1, 0.15) is 12.7 Å². The second-order valence-electron chi connectivity index (χ2n) is 3.33. The molecule has 2 aromatic rings. The van der Waals surface area contributed by atoms with Crippen LogP contribution in [0, 0.1) is 0 Å². The van der Waals surface area contributed by atoms with Gasteiger partial charge in [0, 0.05) is 13.1 Å². The lowest BCUT2D eigenvalue weighted by Gasteiger charge is -2.03. The first kappa shape index (κ1) is 9.98. The molecule has 1 aromatic carbocycles. The third kappa shape index (κ3) is 1.68. The van der Waals surface area contributed by atoms with Crippen LogP contribution in [0.4, 0.5) is 0 Å². The van der Waals surface area contributed by atoms with Crippen LogP contribution in [0.3, 0.4) is 0 Å². The molecule has 1 heterocycles. The van der Waals surface area contributed by atoms with Crippen molar-refractivity contribution in [3.8, 4) is 5.75 Å². The molecule has 2 rings (SSSR count). The monoisotopic (exact) mass is 206 g/mol. The van der Waals surface area contributed by atoms with Gasteiger partial charge in [-0.3, -0.25) is 0 Å². The van der Waals surface area contributed by atoms with Gasteiger partial charge in [-0.2, -0.15) is 0 Å². The fraction of sp³-hybridized carbons (Fsp3) is 0.364. The van der Waals surface area contributed by atoms with Crippen LogP contribution in [0.5, 0.6) is 5.75 Å². The Morgan fingerprint density at radius 2 is 2.27 bits per heavy atom. The molecule has 0 atom stereocenters. The van der Waals surface area contributed by atoms with Gasteiger partial charge in [-0.1, -0.05) is 0 Å². The van der Waals surface area contributed by atoms with Crippen molar-refractivity contribution < 1.29 is 9.84 Å². The van der Waals surface area contributed by atoms with Gasteiger partial charge in [0.25, 0.3) is 0 Å². The number of aryl methyl sites for hydroxylation is 1. The number of ether oxygens (including phenoxy) is 1. The third-order valence-corrected chi connectivity index (χ3v) is 2.40. The largest absolute Gasteiger partial charge is 0.494 e.